The molecule has 1 N–H and O–H groups in total. The second-order valence-electron chi connectivity index (χ2n) is 7.26. The van der Waals surface area contributed by atoms with Gasteiger partial charge in [0.1, 0.15) is 5.82 Å². The first kappa shape index (κ1) is 22.0. The quantitative estimate of drug-likeness (QED) is 0.350. The molecule has 0 aliphatic heterocycles. The summed E-state index contributed by atoms with van der Waals surface area (Å²) in [7, 11) is 0. The number of aryl methyl sites for hydroxylation is 2. The van der Waals surface area contributed by atoms with E-state index < -0.39 is 5.82 Å². The van der Waals surface area contributed by atoms with Crippen LogP contribution in [-0.2, 0) is 4.79 Å². The van der Waals surface area contributed by atoms with Gasteiger partial charge in [-0.05, 0) is 61.4 Å². The van der Waals surface area contributed by atoms with Crippen LogP contribution in [0.4, 0.5) is 10.1 Å². The SMILES string of the molecule is Cc1ccc(C)c(-n2c(SCC(=O)Nc3cccc(F)c3)nnc2-c2ccccc2Cl)c1. The maximum absolute atomic E-state index is 13.4. The molecule has 1 amide bonds. The van der Waals surface area contributed by atoms with E-state index in [1.54, 1.807) is 18.2 Å². The van der Waals surface area contributed by atoms with Gasteiger partial charge in [-0.2, -0.15) is 0 Å². The standard InChI is InChI=1S/C24H20ClFN4OS/c1-15-10-11-16(2)21(12-15)30-23(19-8-3-4-9-20(19)25)28-29-24(30)32-14-22(31)27-18-7-5-6-17(26)13-18/h3-13H,14H2,1-2H3,(H,27,31). The summed E-state index contributed by atoms with van der Waals surface area (Å²) in [5.41, 5.74) is 4.19. The van der Waals surface area contributed by atoms with Crippen LogP contribution in [0.15, 0.2) is 71.9 Å². The third kappa shape index (κ3) is 4.84. The summed E-state index contributed by atoms with van der Waals surface area (Å²) < 4.78 is 15.3. The van der Waals surface area contributed by atoms with Gasteiger partial charge >= 0.3 is 0 Å². The van der Waals surface area contributed by atoms with E-state index in [0.29, 0.717) is 21.7 Å². The van der Waals surface area contributed by atoms with Crippen molar-refractivity contribution >= 4 is 35.0 Å². The molecule has 4 aromatic rings. The number of rotatable bonds is 6. The fraction of sp³-hybridized carbons (Fsp3) is 0.125. The predicted molar refractivity (Wildman–Crippen MR) is 127 cm³/mol. The van der Waals surface area contributed by atoms with E-state index in [0.717, 1.165) is 22.4 Å². The maximum atomic E-state index is 13.4. The van der Waals surface area contributed by atoms with Crippen molar-refractivity contribution in [1.29, 1.82) is 0 Å². The topological polar surface area (TPSA) is 59.8 Å². The molecular weight excluding hydrogens is 447 g/mol. The van der Waals surface area contributed by atoms with Crippen molar-refractivity contribution in [3.8, 4) is 17.1 Å². The third-order valence-corrected chi connectivity index (χ3v) is 6.05. The molecular formula is C24H20ClFN4OS. The summed E-state index contributed by atoms with van der Waals surface area (Å²) in [6, 6.07) is 19.4. The molecule has 0 aliphatic carbocycles. The van der Waals surface area contributed by atoms with E-state index in [1.165, 1.54) is 23.9 Å². The average molecular weight is 467 g/mol. The summed E-state index contributed by atoms with van der Waals surface area (Å²) in [5, 5.41) is 12.6. The highest BCUT2D eigenvalue weighted by molar-refractivity contribution is 7.99. The number of carbonyl (C=O) groups is 1. The van der Waals surface area contributed by atoms with E-state index >= 15 is 0 Å². The lowest BCUT2D eigenvalue weighted by atomic mass is 10.1. The molecule has 8 heteroatoms. The zero-order valence-electron chi connectivity index (χ0n) is 17.5. The van der Waals surface area contributed by atoms with Crippen LogP contribution < -0.4 is 5.32 Å². The Morgan fingerprint density at radius 1 is 1.06 bits per heavy atom. The van der Waals surface area contributed by atoms with Crippen molar-refractivity contribution in [1.82, 2.24) is 14.8 Å². The number of aromatic nitrogens is 3. The minimum atomic E-state index is -0.408. The van der Waals surface area contributed by atoms with Crippen LogP contribution >= 0.6 is 23.4 Å². The van der Waals surface area contributed by atoms with Crippen LogP contribution in [0.3, 0.4) is 0 Å². The molecule has 3 aromatic carbocycles. The van der Waals surface area contributed by atoms with Crippen molar-refractivity contribution in [3.63, 3.8) is 0 Å². The number of nitrogens with zero attached hydrogens (tertiary/aromatic N) is 3. The number of carbonyl (C=O) groups excluding carboxylic acids is 1. The minimum Gasteiger partial charge on any atom is -0.325 e. The number of halogens is 2. The van der Waals surface area contributed by atoms with Gasteiger partial charge in [0.05, 0.1) is 16.5 Å². The Labute approximate surface area is 194 Å². The summed E-state index contributed by atoms with van der Waals surface area (Å²) in [5.74, 6) is 0.00410. The van der Waals surface area contributed by atoms with Gasteiger partial charge in [0.2, 0.25) is 5.91 Å². The summed E-state index contributed by atoms with van der Waals surface area (Å²) >= 11 is 7.70. The molecule has 0 spiro atoms. The molecule has 0 saturated heterocycles. The Balaban J connectivity index is 1.67. The number of benzene rings is 3. The maximum Gasteiger partial charge on any atom is 0.234 e. The zero-order valence-corrected chi connectivity index (χ0v) is 19.0. The number of anilines is 1. The number of thioether (sulfide) groups is 1. The lowest BCUT2D eigenvalue weighted by Gasteiger charge is -2.14. The van der Waals surface area contributed by atoms with Crippen LogP contribution in [0.25, 0.3) is 17.1 Å². The molecule has 0 aliphatic rings. The van der Waals surface area contributed by atoms with Gasteiger partial charge in [-0.1, -0.05) is 53.7 Å². The van der Waals surface area contributed by atoms with Crippen molar-refractivity contribution in [2.75, 3.05) is 11.1 Å². The Morgan fingerprint density at radius 2 is 1.88 bits per heavy atom. The fourth-order valence-corrected chi connectivity index (χ4v) is 4.22. The first-order valence-electron chi connectivity index (χ1n) is 9.88. The average Bonchev–Trinajstić information content (AvgIpc) is 3.18. The Hall–Kier alpha value is -3.16. The number of nitrogens with one attached hydrogen (secondary N) is 1. The molecule has 0 unspecified atom stereocenters. The second kappa shape index (κ2) is 9.54. The number of hydrogen-bond acceptors (Lipinski definition) is 4. The molecule has 4 rings (SSSR count). The van der Waals surface area contributed by atoms with Gasteiger partial charge in [-0.15, -0.1) is 10.2 Å². The van der Waals surface area contributed by atoms with Crippen LogP contribution in [0.5, 0.6) is 0 Å². The van der Waals surface area contributed by atoms with Crippen molar-refractivity contribution in [2.45, 2.75) is 19.0 Å². The molecule has 162 valence electrons. The van der Waals surface area contributed by atoms with E-state index in [4.69, 9.17) is 11.6 Å². The van der Waals surface area contributed by atoms with Gasteiger partial charge < -0.3 is 5.32 Å². The summed E-state index contributed by atoms with van der Waals surface area (Å²) in [6.07, 6.45) is 0. The highest BCUT2D eigenvalue weighted by atomic mass is 35.5. The zero-order chi connectivity index (χ0) is 22.7. The molecule has 0 radical (unpaired) electrons. The molecule has 1 aromatic heterocycles. The molecule has 0 atom stereocenters. The van der Waals surface area contributed by atoms with Crippen molar-refractivity contribution in [3.05, 3.63) is 88.7 Å². The van der Waals surface area contributed by atoms with Gasteiger partial charge in [0.25, 0.3) is 0 Å². The van der Waals surface area contributed by atoms with Crippen LogP contribution in [0, 0.1) is 19.7 Å². The lowest BCUT2D eigenvalue weighted by Crippen LogP contribution is -2.14. The molecule has 32 heavy (non-hydrogen) atoms. The van der Waals surface area contributed by atoms with Crippen LogP contribution in [0.2, 0.25) is 5.02 Å². The highest BCUT2D eigenvalue weighted by Gasteiger charge is 2.20. The fourth-order valence-electron chi connectivity index (χ4n) is 3.25. The predicted octanol–water partition coefficient (Wildman–Crippen LogP) is 6.07. The highest BCUT2D eigenvalue weighted by Crippen LogP contribution is 2.33. The van der Waals surface area contributed by atoms with E-state index in [1.807, 2.05) is 48.7 Å². The summed E-state index contributed by atoms with van der Waals surface area (Å²) in [6.45, 7) is 4.03. The number of amides is 1. The Bertz CT molecular complexity index is 1290. The van der Waals surface area contributed by atoms with E-state index in [2.05, 4.69) is 21.6 Å². The van der Waals surface area contributed by atoms with E-state index in [-0.39, 0.29) is 11.7 Å². The third-order valence-electron chi connectivity index (χ3n) is 4.79. The Kier molecular flexibility index (Phi) is 6.58. The van der Waals surface area contributed by atoms with Crippen LogP contribution in [0.1, 0.15) is 11.1 Å². The molecule has 0 saturated carbocycles. The van der Waals surface area contributed by atoms with Crippen LogP contribution in [-0.4, -0.2) is 26.4 Å². The smallest absolute Gasteiger partial charge is 0.234 e. The second-order valence-corrected chi connectivity index (χ2v) is 8.61. The largest absolute Gasteiger partial charge is 0.325 e. The lowest BCUT2D eigenvalue weighted by molar-refractivity contribution is -0.113. The Morgan fingerprint density at radius 3 is 2.66 bits per heavy atom. The first-order chi connectivity index (χ1) is 15.4. The van der Waals surface area contributed by atoms with Gasteiger partial charge in [-0.3, -0.25) is 9.36 Å². The monoisotopic (exact) mass is 466 g/mol. The van der Waals surface area contributed by atoms with Gasteiger partial charge in [0.15, 0.2) is 11.0 Å². The van der Waals surface area contributed by atoms with Gasteiger partial charge in [-0.25, -0.2) is 4.39 Å². The first-order valence-corrected chi connectivity index (χ1v) is 11.2. The van der Waals surface area contributed by atoms with Crippen molar-refractivity contribution in [2.24, 2.45) is 0 Å². The van der Waals surface area contributed by atoms with Crippen molar-refractivity contribution < 1.29 is 9.18 Å². The molecule has 5 nitrogen and oxygen atoms in total. The minimum absolute atomic E-state index is 0.0853. The molecule has 0 bridgehead atoms. The van der Waals surface area contributed by atoms with Gasteiger partial charge in [0, 0.05) is 11.3 Å². The van der Waals surface area contributed by atoms with E-state index in [9.17, 15) is 9.18 Å². The normalized spacial score (nSPS) is 10.9. The molecule has 1 heterocycles. The molecule has 0 fully saturated rings. The number of hydrogen-bond donors (Lipinski definition) is 1. The summed E-state index contributed by atoms with van der Waals surface area (Å²) in [4.78, 5) is 12.5.